The number of aryl methyl sites for hydroxylation is 1. The van der Waals surface area contributed by atoms with Crippen molar-refractivity contribution in [1.82, 2.24) is 20.1 Å². The van der Waals surface area contributed by atoms with Crippen molar-refractivity contribution in [3.63, 3.8) is 0 Å². The van der Waals surface area contributed by atoms with Gasteiger partial charge in [0.15, 0.2) is 0 Å². The van der Waals surface area contributed by atoms with E-state index < -0.39 is 0 Å². The second-order valence-corrected chi connectivity index (χ2v) is 10.9. The summed E-state index contributed by atoms with van der Waals surface area (Å²) in [6.45, 7) is 17.2. The molecule has 2 aliphatic rings. The number of thiazole rings is 1. The normalized spacial score (nSPS) is 25.8. The minimum Gasteiger partial charge on any atom is -0.354 e. The predicted molar refractivity (Wildman–Crippen MR) is 116 cm³/mol. The average molecular weight is 407 g/mol. The summed E-state index contributed by atoms with van der Waals surface area (Å²) in [5, 5.41) is 6.56. The van der Waals surface area contributed by atoms with Crippen molar-refractivity contribution in [3.05, 3.63) is 16.1 Å². The molecule has 0 spiro atoms. The average Bonchev–Trinajstić information content (AvgIpc) is 3.04. The Bertz CT molecular complexity index is 641. The van der Waals surface area contributed by atoms with Crippen LogP contribution in [-0.2, 0) is 11.3 Å². The molecule has 1 N–H and O–H groups in total. The van der Waals surface area contributed by atoms with Crippen molar-refractivity contribution in [2.45, 2.75) is 66.0 Å². The first kappa shape index (κ1) is 21.7. The number of nitrogens with zero attached hydrogens (tertiary/aromatic N) is 3. The van der Waals surface area contributed by atoms with E-state index in [1.165, 1.54) is 6.42 Å². The molecule has 3 rings (SSSR count). The molecule has 1 aromatic rings. The number of aromatic nitrogens is 1. The van der Waals surface area contributed by atoms with Crippen LogP contribution >= 0.6 is 11.3 Å². The van der Waals surface area contributed by atoms with E-state index >= 15 is 0 Å². The third-order valence-electron chi connectivity index (χ3n) is 6.43. The molecule has 0 bridgehead atoms. The highest BCUT2D eigenvalue weighted by Gasteiger charge is 2.34. The summed E-state index contributed by atoms with van der Waals surface area (Å²) in [6, 6.07) is 0. The highest BCUT2D eigenvalue weighted by molar-refractivity contribution is 7.09. The van der Waals surface area contributed by atoms with E-state index in [2.05, 4.69) is 60.1 Å². The van der Waals surface area contributed by atoms with Crippen LogP contribution in [0.3, 0.4) is 0 Å². The maximum Gasteiger partial charge on any atom is 0.223 e. The number of carbonyl (C=O) groups excluding carboxylic acids is 1. The number of rotatable bonds is 6. The Kier molecular flexibility index (Phi) is 7.16. The second-order valence-electron chi connectivity index (χ2n) is 9.79. The quantitative estimate of drug-likeness (QED) is 0.785. The standard InChI is InChI=1S/C22H38N4OS/c1-16-10-17(2)12-26(11-16)22(4,5)15-23-21(27)19-6-8-25(9-7-19)13-20-14-28-18(3)24-20/h14,16-17,19H,6-13,15H2,1-5H3,(H,23,27). The van der Waals surface area contributed by atoms with Crippen molar-refractivity contribution >= 4 is 17.2 Å². The molecule has 1 aromatic heterocycles. The number of likely N-dealkylation sites (tertiary alicyclic amines) is 2. The summed E-state index contributed by atoms with van der Waals surface area (Å²) in [7, 11) is 0. The number of nitrogens with one attached hydrogen (secondary N) is 1. The van der Waals surface area contributed by atoms with Crippen LogP contribution in [0.1, 0.15) is 57.7 Å². The van der Waals surface area contributed by atoms with E-state index in [9.17, 15) is 4.79 Å². The summed E-state index contributed by atoms with van der Waals surface area (Å²) in [4.78, 5) is 22.3. The van der Waals surface area contributed by atoms with Crippen molar-refractivity contribution in [3.8, 4) is 0 Å². The van der Waals surface area contributed by atoms with Crippen LogP contribution in [0.15, 0.2) is 5.38 Å². The van der Waals surface area contributed by atoms with Gasteiger partial charge in [-0.3, -0.25) is 14.6 Å². The van der Waals surface area contributed by atoms with Crippen molar-refractivity contribution < 1.29 is 4.79 Å². The predicted octanol–water partition coefficient (Wildman–Crippen LogP) is 3.54. The van der Waals surface area contributed by atoms with Gasteiger partial charge in [0.2, 0.25) is 5.91 Å². The Labute approximate surface area is 174 Å². The summed E-state index contributed by atoms with van der Waals surface area (Å²) >= 11 is 1.71. The monoisotopic (exact) mass is 406 g/mol. The van der Waals surface area contributed by atoms with Crippen molar-refractivity contribution in [1.29, 1.82) is 0 Å². The molecule has 0 radical (unpaired) electrons. The molecule has 5 nitrogen and oxygen atoms in total. The van der Waals surface area contributed by atoms with Gasteiger partial charge in [0, 0.05) is 43.0 Å². The fourth-order valence-electron chi connectivity index (χ4n) is 4.78. The van der Waals surface area contributed by atoms with E-state index in [0.717, 1.165) is 74.6 Å². The third-order valence-corrected chi connectivity index (χ3v) is 7.25. The molecule has 28 heavy (non-hydrogen) atoms. The highest BCUT2D eigenvalue weighted by atomic mass is 32.1. The first-order chi connectivity index (χ1) is 13.2. The van der Waals surface area contributed by atoms with Crippen LogP contribution in [0.5, 0.6) is 0 Å². The molecule has 0 aliphatic carbocycles. The largest absolute Gasteiger partial charge is 0.354 e. The van der Waals surface area contributed by atoms with Gasteiger partial charge in [-0.05, 0) is 65.0 Å². The molecule has 158 valence electrons. The smallest absolute Gasteiger partial charge is 0.223 e. The van der Waals surface area contributed by atoms with Gasteiger partial charge in [-0.2, -0.15) is 0 Å². The first-order valence-corrected chi connectivity index (χ1v) is 11.8. The summed E-state index contributed by atoms with van der Waals surface area (Å²) in [5.74, 6) is 1.88. The van der Waals surface area contributed by atoms with E-state index in [1.807, 2.05) is 0 Å². The van der Waals surface area contributed by atoms with Gasteiger partial charge in [0.1, 0.15) is 0 Å². The molecular weight excluding hydrogens is 368 g/mol. The van der Waals surface area contributed by atoms with Crippen LogP contribution in [0.4, 0.5) is 0 Å². The minimum atomic E-state index is 0.0157. The Morgan fingerprint density at radius 3 is 2.46 bits per heavy atom. The molecule has 2 unspecified atom stereocenters. The number of piperidine rings is 2. The first-order valence-electron chi connectivity index (χ1n) is 10.9. The Morgan fingerprint density at radius 1 is 1.25 bits per heavy atom. The number of amides is 1. The molecule has 0 saturated carbocycles. The number of hydrogen-bond acceptors (Lipinski definition) is 5. The van der Waals surface area contributed by atoms with E-state index in [-0.39, 0.29) is 17.4 Å². The molecule has 1 amide bonds. The number of carbonyl (C=O) groups is 1. The van der Waals surface area contributed by atoms with Crippen LogP contribution in [0.25, 0.3) is 0 Å². The van der Waals surface area contributed by atoms with Gasteiger partial charge >= 0.3 is 0 Å². The molecule has 2 saturated heterocycles. The summed E-state index contributed by atoms with van der Waals surface area (Å²) in [6.07, 6.45) is 3.22. The Hall–Kier alpha value is -0.980. The van der Waals surface area contributed by atoms with Crippen LogP contribution in [0, 0.1) is 24.7 Å². The van der Waals surface area contributed by atoms with E-state index in [0.29, 0.717) is 0 Å². The van der Waals surface area contributed by atoms with Gasteiger partial charge in [0.25, 0.3) is 0 Å². The zero-order valence-electron chi connectivity index (χ0n) is 18.3. The van der Waals surface area contributed by atoms with Gasteiger partial charge in [-0.15, -0.1) is 11.3 Å². The van der Waals surface area contributed by atoms with Gasteiger partial charge in [-0.1, -0.05) is 13.8 Å². The molecule has 2 aliphatic heterocycles. The Morgan fingerprint density at radius 2 is 1.89 bits per heavy atom. The molecule has 2 fully saturated rings. The zero-order chi connectivity index (χ0) is 20.3. The molecule has 2 atom stereocenters. The lowest BCUT2D eigenvalue weighted by Gasteiger charge is -2.45. The van der Waals surface area contributed by atoms with Crippen LogP contribution < -0.4 is 5.32 Å². The van der Waals surface area contributed by atoms with Gasteiger partial charge in [0.05, 0.1) is 10.7 Å². The molecular formula is C22H38N4OS. The lowest BCUT2D eigenvalue weighted by atomic mass is 9.87. The van der Waals surface area contributed by atoms with Crippen molar-refractivity contribution in [2.24, 2.45) is 17.8 Å². The molecule has 6 heteroatoms. The zero-order valence-corrected chi connectivity index (χ0v) is 19.1. The molecule has 3 heterocycles. The fraction of sp³-hybridized carbons (Fsp3) is 0.818. The molecule has 0 aromatic carbocycles. The SMILES string of the molecule is Cc1nc(CN2CCC(C(=O)NCC(C)(C)N3CC(C)CC(C)C3)CC2)cs1. The maximum atomic E-state index is 12.8. The van der Waals surface area contributed by atoms with Gasteiger partial charge < -0.3 is 5.32 Å². The lowest BCUT2D eigenvalue weighted by molar-refractivity contribution is -0.127. The van der Waals surface area contributed by atoms with E-state index in [4.69, 9.17) is 0 Å². The summed E-state index contributed by atoms with van der Waals surface area (Å²) in [5.41, 5.74) is 1.18. The fourth-order valence-corrected chi connectivity index (χ4v) is 5.38. The third kappa shape index (κ3) is 5.77. The second kappa shape index (κ2) is 9.23. The van der Waals surface area contributed by atoms with Crippen LogP contribution in [0.2, 0.25) is 0 Å². The summed E-state index contributed by atoms with van der Waals surface area (Å²) < 4.78 is 0. The maximum absolute atomic E-state index is 12.8. The minimum absolute atomic E-state index is 0.0157. The van der Waals surface area contributed by atoms with Crippen LogP contribution in [-0.4, -0.2) is 59.0 Å². The topological polar surface area (TPSA) is 48.5 Å². The lowest BCUT2D eigenvalue weighted by Crippen LogP contribution is -2.56. The Balaban J connectivity index is 1.42. The van der Waals surface area contributed by atoms with E-state index in [1.54, 1.807) is 11.3 Å². The number of hydrogen-bond donors (Lipinski definition) is 1. The highest BCUT2D eigenvalue weighted by Crippen LogP contribution is 2.27. The van der Waals surface area contributed by atoms with Crippen molar-refractivity contribution in [2.75, 3.05) is 32.7 Å². The van der Waals surface area contributed by atoms with Gasteiger partial charge in [-0.25, -0.2) is 4.98 Å².